The third kappa shape index (κ3) is 2.39. The number of aromatic nitrogens is 1. The summed E-state index contributed by atoms with van der Waals surface area (Å²) in [6.45, 7) is 3.26. The molecule has 2 heterocycles. The van der Waals surface area contributed by atoms with Gasteiger partial charge in [0.25, 0.3) is 0 Å². The zero-order valence-corrected chi connectivity index (χ0v) is 10.9. The van der Waals surface area contributed by atoms with Gasteiger partial charge in [-0.3, -0.25) is 4.98 Å². The molecule has 2 heteroatoms. The highest BCUT2D eigenvalue weighted by molar-refractivity contribution is 5.84. The van der Waals surface area contributed by atoms with Crippen molar-refractivity contribution in [2.24, 2.45) is 0 Å². The molecule has 1 saturated heterocycles. The van der Waals surface area contributed by atoms with Crippen molar-refractivity contribution in [1.29, 1.82) is 0 Å². The molecule has 18 heavy (non-hydrogen) atoms. The fourth-order valence-corrected chi connectivity index (χ4v) is 2.89. The molecule has 94 valence electrons. The number of pyridine rings is 1. The van der Waals surface area contributed by atoms with Crippen molar-refractivity contribution in [3.8, 4) is 0 Å². The van der Waals surface area contributed by atoms with Crippen molar-refractivity contribution in [2.45, 2.75) is 38.6 Å². The summed E-state index contributed by atoms with van der Waals surface area (Å²) in [5.74, 6) is 0. The van der Waals surface area contributed by atoms with Gasteiger partial charge in [0.1, 0.15) is 0 Å². The molecular formula is C16H20N2. The Balaban J connectivity index is 1.84. The van der Waals surface area contributed by atoms with Crippen LogP contribution in [-0.4, -0.2) is 17.6 Å². The Labute approximate surface area is 108 Å². The lowest BCUT2D eigenvalue weighted by molar-refractivity contribution is 0.399. The number of hydrogen-bond acceptors (Lipinski definition) is 2. The minimum absolute atomic E-state index is 0.666. The van der Waals surface area contributed by atoms with Gasteiger partial charge >= 0.3 is 0 Å². The zero-order chi connectivity index (χ0) is 12.4. The van der Waals surface area contributed by atoms with E-state index < -0.39 is 0 Å². The molecule has 2 aromatic rings. The Bertz CT molecular complexity index is 542. The lowest BCUT2D eigenvalue weighted by Gasteiger charge is -2.23. The number of benzene rings is 1. The minimum Gasteiger partial charge on any atom is -0.314 e. The van der Waals surface area contributed by atoms with Gasteiger partial charge in [-0.1, -0.05) is 24.6 Å². The molecule has 0 radical (unpaired) electrons. The molecule has 0 saturated carbocycles. The van der Waals surface area contributed by atoms with Gasteiger partial charge in [0.2, 0.25) is 0 Å². The summed E-state index contributed by atoms with van der Waals surface area (Å²) >= 11 is 0. The summed E-state index contributed by atoms with van der Waals surface area (Å²) in [4.78, 5) is 4.34. The van der Waals surface area contributed by atoms with Crippen LogP contribution in [0.5, 0.6) is 0 Å². The number of rotatable bonds is 2. The molecule has 1 fully saturated rings. The van der Waals surface area contributed by atoms with Gasteiger partial charge in [-0.2, -0.15) is 0 Å². The molecular weight excluding hydrogens is 220 g/mol. The normalized spacial score (nSPS) is 20.2. The maximum Gasteiger partial charge on any atom is 0.0450 e. The van der Waals surface area contributed by atoms with E-state index in [0.29, 0.717) is 6.04 Å². The zero-order valence-electron chi connectivity index (χ0n) is 10.9. The van der Waals surface area contributed by atoms with Crippen LogP contribution in [0.1, 0.15) is 30.5 Å². The topological polar surface area (TPSA) is 24.9 Å². The second kappa shape index (κ2) is 5.07. The highest BCUT2D eigenvalue weighted by atomic mass is 14.9. The molecule has 0 amide bonds. The van der Waals surface area contributed by atoms with E-state index in [1.807, 2.05) is 6.20 Å². The molecule has 2 nitrogen and oxygen atoms in total. The lowest BCUT2D eigenvalue weighted by Crippen LogP contribution is -2.35. The van der Waals surface area contributed by atoms with Gasteiger partial charge in [0.15, 0.2) is 0 Å². The monoisotopic (exact) mass is 240 g/mol. The van der Waals surface area contributed by atoms with E-state index >= 15 is 0 Å². The van der Waals surface area contributed by atoms with Gasteiger partial charge in [-0.05, 0) is 49.7 Å². The molecule has 0 bridgehead atoms. The van der Waals surface area contributed by atoms with Gasteiger partial charge in [-0.15, -0.1) is 0 Å². The van der Waals surface area contributed by atoms with Crippen LogP contribution < -0.4 is 5.32 Å². The molecule has 1 unspecified atom stereocenters. The average Bonchev–Trinajstić information content (AvgIpc) is 2.40. The van der Waals surface area contributed by atoms with Gasteiger partial charge in [0, 0.05) is 23.3 Å². The first-order chi connectivity index (χ1) is 8.83. The largest absolute Gasteiger partial charge is 0.314 e. The Kier molecular flexibility index (Phi) is 3.28. The van der Waals surface area contributed by atoms with E-state index in [0.717, 1.165) is 12.1 Å². The number of aryl methyl sites for hydroxylation is 1. The molecule has 3 rings (SSSR count). The number of nitrogens with one attached hydrogen (secondary N) is 1. The highest BCUT2D eigenvalue weighted by Crippen LogP contribution is 2.20. The van der Waals surface area contributed by atoms with Crippen LogP contribution in [0, 0.1) is 6.92 Å². The van der Waals surface area contributed by atoms with Crippen LogP contribution >= 0.6 is 0 Å². The van der Waals surface area contributed by atoms with Crippen molar-refractivity contribution in [3.63, 3.8) is 0 Å². The van der Waals surface area contributed by atoms with Gasteiger partial charge < -0.3 is 5.32 Å². The fraction of sp³-hybridized carbons (Fsp3) is 0.438. The first kappa shape index (κ1) is 11.7. The highest BCUT2D eigenvalue weighted by Gasteiger charge is 2.13. The Hall–Kier alpha value is -1.41. The number of fused-ring (bicyclic) bond motifs is 1. The first-order valence-electron chi connectivity index (χ1n) is 6.90. The molecule has 1 atom stereocenters. The Morgan fingerprint density at radius 2 is 2.22 bits per heavy atom. The van der Waals surface area contributed by atoms with Crippen LogP contribution in [0.3, 0.4) is 0 Å². The quantitative estimate of drug-likeness (QED) is 0.871. The van der Waals surface area contributed by atoms with Crippen LogP contribution in [0.15, 0.2) is 30.5 Å². The first-order valence-corrected chi connectivity index (χ1v) is 6.90. The molecule has 1 aliphatic heterocycles. The standard InChI is InChI=1S/C16H20N2/c1-12-16-6-5-13(10-14(16)7-9-17-12)11-15-4-2-3-8-18-15/h5-7,9-10,15,18H,2-4,8,11H2,1H3. The number of hydrogen-bond donors (Lipinski definition) is 1. The SMILES string of the molecule is Cc1nccc2cc(CC3CCCCN3)ccc12. The predicted molar refractivity (Wildman–Crippen MR) is 75.8 cm³/mol. The maximum absolute atomic E-state index is 4.34. The minimum atomic E-state index is 0.666. The van der Waals surface area contributed by atoms with Crippen LogP contribution in [-0.2, 0) is 6.42 Å². The van der Waals surface area contributed by atoms with Crippen LogP contribution in [0.4, 0.5) is 0 Å². The molecule has 0 aliphatic carbocycles. The third-order valence-electron chi connectivity index (χ3n) is 3.92. The summed E-state index contributed by atoms with van der Waals surface area (Å²) in [5.41, 5.74) is 2.56. The van der Waals surface area contributed by atoms with E-state index in [-0.39, 0.29) is 0 Å². The summed E-state index contributed by atoms with van der Waals surface area (Å²) in [6, 6.07) is 9.57. The maximum atomic E-state index is 4.34. The molecule has 0 spiro atoms. The Morgan fingerprint density at radius 3 is 3.06 bits per heavy atom. The third-order valence-corrected chi connectivity index (χ3v) is 3.92. The Morgan fingerprint density at radius 1 is 1.28 bits per heavy atom. The van der Waals surface area contributed by atoms with Crippen molar-refractivity contribution in [2.75, 3.05) is 6.54 Å². The lowest BCUT2D eigenvalue weighted by atomic mass is 9.96. The smallest absolute Gasteiger partial charge is 0.0450 e. The van der Waals surface area contributed by atoms with Crippen LogP contribution in [0.25, 0.3) is 10.8 Å². The van der Waals surface area contributed by atoms with Crippen LogP contribution in [0.2, 0.25) is 0 Å². The number of piperidine rings is 1. The summed E-state index contributed by atoms with van der Waals surface area (Å²) < 4.78 is 0. The second-order valence-corrected chi connectivity index (χ2v) is 5.30. The van der Waals surface area contributed by atoms with E-state index in [1.54, 1.807) is 0 Å². The predicted octanol–water partition coefficient (Wildman–Crippen LogP) is 3.23. The van der Waals surface area contributed by atoms with E-state index in [9.17, 15) is 0 Å². The van der Waals surface area contributed by atoms with E-state index in [4.69, 9.17) is 0 Å². The van der Waals surface area contributed by atoms with Crippen molar-refractivity contribution in [3.05, 3.63) is 41.7 Å². The van der Waals surface area contributed by atoms with Gasteiger partial charge in [-0.25, -0.2) is 0 Å². The van der Waals surface area contributed by atoms with Gasteiger partial charge in [0.05, 0.1) is 0 Å². The molecule has 1 aliphatic rings. The average molecular weight is 240 g/mol. The fourth-order valence-electron chi connectivity index (χ4n) is 2.89. The molecule has 1 aromatic heterocycles. The van der Waals surface area contributed by atoms with Crippen molar-refractivity contribution < 1.29 is 0 Å². The van der Waals surface area contributed by atoms with Crippen molar-refractivity contribution >= 4 is 10.8 Å². The summed E-state index contributed by atoms with van der Waals surface area (Å²) in [7, 11) is 0. The van der Waals surface area contributed by atoms with Crippen molar-refractivity contribution in [1.82, 2.24) is 10.3 Å². The second-order valence-electron chi connectivity index (χ2n) is 5.30. The summed E-state index contributed by atoms with van der Waals surface area (Å²) in [6.07, 6.45) is 7.07. The number of nitrogens with zero attached hydrogens (tertiary/aromatic N) is 1. The van der Waals surface area contributed by atoms with E-state index in [2.05, 4.69) is 41.5 Å². The summed E-state index contributed by atoms with van der Waals surface area (Å²) in [5, 5.41) is 6.21. The molecule has 1 aromatic carbocycles. The van der Waals surface area contributed by atoms with E-state index in [1.165, 1.54) is 42.1 Å². The molecule has 1 N–H and O–H groups in total.